The number of nitrogens with zero attached hydrogens (tertiary/aromatic N) is 3. The summed E-state index contributed by atoms with van der Waals surface area (Å²) in [5.41, 5.74) is 1.90. The van der Waals surface area contributed by atoms with Crippen LogP contribution in [-0.4, -0.2) is 51.7 Å². The van der Waals surface area contributed by atoms with Crippen molar-refractivity contribution >= 4 is 0 Å². The number of ether oxygens (including phenoxy) is 1. The molecule has 5 nitrogen and oxygen atoms in total. The average Bonchev–Trinajstić information content (AvgIpc) is 3.03. The number of aliphatic hydroxyl groups excluding tert-OH is 1. The average molecular weight is 329 g/mol. The molecular formula is C19H27N3O2. The molecule has 1 aliphatic rings. The lowest BCUT2D eigenvalue weighted by Crippen LogP contribution is -2.55. The van der Waals surface area contributed by atoms with Gasteiger partial charge in [-0.3, -0.25) is 9.58 Å². The number of aliphatic hydroxyl groups is 1. The van der Waals surface area contributed by atoms with Gasteiger partial charge in [0.05, 0.1) is 19.4 Å². The van der Waals surface area contributed by atoms with Crippen molar-refractivity contribution in [3.63, 3.8) is 0 Å². The van der Waals surface area contributed by atoms with E-state index in [2.05, 4.69) is 35.3 Å². The van der Waals surface area contributed by atoms with E-state index in [9.17, 15) is 5.11 Å². The maximum absolute atomic E-state index is 9.99. The molecule has 1 aromatic carbocycles. The highest BCUT2D eigenvalue weighted by Crippen LogP contribution is 2.24. The summed E-state index contributed by atoms with van der Waals surface area (Å²) in [4.78, 5) is 2.36. The summed E-state index contributed by atoms with van der Waals surface area (Å²) in [7, 11) is 0. The minimum Gasteiger partial charge on any atom is -0.393 e. The minimum atomic E-state index is -0.515. The first-order valence-corrected chi connectivity index (χ1v) is 8.75. The molecule has 0 aliphatic carbocycles. The number of aromatic nitrogens is 2. The predicted octanol–water partition coefficient (Wildman–Crippen LogP) is 2.10. The first kappa shape index (κ1) is 17.1. The van der Waals surface area contributed by atoms with Gasteiger partial charge in [0.2, 0.25) is 0 Å². The lowest BCUT2D eigenvalue weighted by Gasteiger charge is -2.41. The molecule has 1 N–H and O–H groups in total. The first-order valence-electron chi connectivity index (χ1n) is 8.75. The van der Waals surface area contributed by atoms with Crippen LogP contribution in [0.25, 0.3) is 0 Å². The van der Waals surface area contributed by atoms with Crippen LogP contribution in [0.3, 0.4) is 0 Å². The monoisotopic (exact) mass is 329 g/mol. The number of hydrogen-bond acceptors (Lipinski definition) is 4. The van der Waals surface area contributed by atoms with Gasteiger partial charge in [-0.15, -0.1) is 0 Å². The van der Waals surface area contributed by atoms with Gasteiger partial charge in [0.25, 0.3) is 0 Å². The molecule has 0 saturated carbocycles. The molecule has 1 aliphatic heterocycles. The zero-order chi connectivity index (χ0) is 16.8. The fraction of sp³-hybridized carbons (Fsp3) is 0.526. The molecule has 1 saturated heterocycles. The summed E-state index contributed by atoms with van der Waals surface area (Å²) in [5, 5.41) is 14.4. The molecule has 2 aromatic rings. The highest BCUT2D eigenvalue weighted by molar-refractivity contribution is 5.18. The topological polar surface area (TPSA) is 50.5 Å². The fourth-order valence-corrected chi connectivity index (χ4v) is 3.38. The van der Waals surface area contributed by atoms with E-state index in [1.807, 2.05) is 29.1 Å². The van der Waals surface area contributed by atoms with Gasteiger partial charge >= 0.3 is 0 Å². The maximum Gasteiger partial charge on any atom is 0.108 e. The molecule has 130 valence electrons. The Morgan fingerprint density at radius 1 is 1.25 bits per heavy atom. The van der Waals surface area contributed by atoms with E-state index >= 15 is 0 Å². The van der Waals surface area contributed by atoms with Crippen LogP contribution in [0.2, 0.25) is 0 Å². The number of rotatable bonds is 7. The SMILES string of the molecule is CCCn1cc(CN2CCOC(CO)(Cc3ccccc3)C2)cn1. The number of aryl methyl sites for hydroxylation is 1. The molecule has 0 radical (unpaired) electrons. The smallest absolute Gasteiger partial charge is 0.108 e. The van der Waals surface area contributed by atoms with Crippen LogP contribution in [0.5, 0.6) is 0 Å². The van der Waals surface area contributed by atoms with Crippen molar-refractivity contribution in [3.8, 4) is 0 Å². The highest BCUT2D eigenvalue weighted by atomic mass is 16.5. The van der Waals surface area contributed by atoms with Crippen molar-refractivity contribution in [1.82, 2.24) is 14.7 Å². The van der Waals surface area contributed by atoms with E-state index in [0.717, 1.165) is 39.0 Å². The molecule has 2 heterocycles. The van der Waals surface area contributed by atoms with Gasteiger partial charge in [0, 0.05) is 44.4 Å². The molecule has 1 unspecified atom stereocenters. The van der Waals surface area contributed by atoms with Gasteiger partial charge in [-0.25, -0.2) is 0 Å². The zero-order valence-electron chi connectivity index (χ0n) is 14.4. The quantitative estimate of drug-likeness (QED) is 0.845. The Balaban J connectivity index is 1.65. The predicted molar refractivity (Wildman–Crippen MR) is 93.7 cm³/mol. The second-order valence-corrected chi connectivity index (χ2v) is 6.67. The third-order valence-electron chi connectivity index (χ3n) is 4.53. The van der Waals surface area contributed by atoms with Crippen molar-refractivity contribution in [1.29, 1.82) is 0 Å². The van der Waals surface area contributed by atoms with Gasteiger partial charge in [0.1, 0.15) is 5.60 Å². The summed E-state index contributed by atoms with van der Waals surface area (Å²) in [6.07, 6.45) is 5.89. The molecule has 3 rings (SSSR count). The van der Waals surface area contributed by atoms with Gasteiger partial charge < -0.3 is 9.84 Å². The summed E-state index contributed by atoms with van der Waals surface area (Å²) in [6.45, 7) is 6.26. The highest BCUT2D eigenvalue weighted by Gasteiger charge is 2.36. The Labute approximate surface area is 143 Å². The molecule has 1 atom stereocenters. The van der Waals surface area contributed by atoms with Crippen LogP contribution in [0.1, 0.15) is 24.5 Å². The lowest BCUT2D eigenvalue weighted by atomic mass is 9.93. The molecule has 0 spiro atoms. The largest absolute Gasteiger partial charge is 0.393 e. The number of benzene rings is 1. The van der Waals surface area contributed by atoms with Crippen molar-refractivity contribution in [3.05, 3.63) is 53.9 Å². The van der Waals surface area contributed by atoms with E-state index in [-0.39, 0.29) is 6.61 Å². The summed E-state index contributed by atoms with van der Waals surface area (Å²) in [5.74, 6) is 0. The number of morpholine rings is 1. The third-order valence-corrected chi connectivity index (χ3v) is 4.53. The molecule has 0 bridgehead atoms. The number of hydrogen-bond donors (Lipinski definition) is 1. The molecule has 1 fully saturated rings. The normalized spacial score (nSPS) is 21.9. The van der Waals surface area contributed by atoms with Gasteiger partial charge in [-0.2, -0.15) is 5.10 Å². The molecule has 24 heavy (non-hydrogen) atoms. The van der Waals surface area contributed by atoms with E-state index in [1.54, 1.807) is 0 Å². The maximum atomic E-state index is 9.99. The Bertz CT molecular complexity index is 629. The Morgan fingerprint density at radius 2 is 2.08 bits per heavy atom. The Morgan fingerprint density at radius 3 is 2.83 bits per heavy atom. The summed E-state index contributed by atoms with van der Waals surface area (Å²) >= 11 is 0. The molecular weight excluding hydrogens is 302 g/mol. The first-order chi connectivity index (χ1) is 11.7. The Hall–Kier alpha value is -1.69. The minimum absolute atomic E-state index is 0.0352. The van der Waals surface area contributed by atoms with E-state index in [4.69, 9.17) is 4.74 Å². The van der Waals surface area contributed by atoms with Crippen LogP contribution in [0.4, 0.5) is 0 Å². The van der Waals surface area contributed by atoms with Crippen molar-refractivity contribution in [2.45, 2.75) is 38.5 Å². The molecule has 5 heteroatoms. The Kier molecular flexibility index (Phi) is 5.66. The van der Waals surface area contributed by atoms with Crippen LogP contribution >= 0.6 is 0 Å². The molecule has 0 amide bonds. The summed E-state index contributed by atoms with van der Waals surface area (Å²) < 4.78 is 8.02. The standard InChI is InChI=1S/C19H27N3O2/c1-2-8-22-14-18(12-20-22)13-21-9-10-24-19(15-21,16-23)11-17-6-4-3-5-7-17/h3-7,12,14,23H,2,8-11,13,15-16H2,1H3. The van der Waals surface area contributed by atoms with Gasteiger partial charge in [-0.1, -0.05) is 37.3 Å². The van der Waals surface area contributed by atoms with Crippen LogP contribution in [0, 0.1) is 0 Å². The van der Waals surface area contributed by atoms with E-state index in [0.29, 0.717) is 6.61 Å². The van der Waals surface area contributed by atoms with Crippen LogP contribution in [-0.2, 0) is 24.2 Å². The second kappa shape index (κ2) is 7.92. The van der Waals surface area contributed by atoms with Gasteiger partial charge in [0.15, 0.2) is 0 Å². The lowest BCUT2D eigenvalue weighted by molar-refractivity contribution is -0.134. The van der Waals surface area contributed by atoms with E-state index in [1.165, 1.54) is 11.1 Å². The van der Waals surface area contributed by atoms with Crippen LogP contribution in [0.15, 0.2) is 42.7 Å². The second-order valence-electron chi connectivity index (χ2n) is 6.67. The van der Waals surface area contributed by atoms with Crippen molar-refractivity contribution in [2.75, 3.05) is 26.3 Å². The van der Waals surface area contributed by atoms with Gasteiger partial charge in [-0.05, 0) is 12.0 Å². The molecule has 1 aromatic heterocycles. The zero-order valence-corrected chi connectivity index (χ0v) is 14.4. The third kappa shape index (κ3) is 4.23. The van der Waals surface area contributed by atoms with Crippen molar-refractivity contribution in [2.24, 2.45) is 0 Å². The fourth-order valence-electron chi connectivity index (χ4n) is 3.38. The van der Waals surface area contributed by atoms with Crippen LogP contribution < -0.4 is 0 Å². The summed E-state index contributed by atoms with van der Waals surface area (Å²) in [6, 6.07) is 10.3. The van der Waals surface area contributed by atoms with Crippen molar-refractivity contribution < 1.29 is 9.84 Å². The van der Waals surface area contributed by atoms with E-state index < -0.39 is 5.60 Å².